The molecule has 1 atom stereocenters. The minimum absolute atomic E-state index is 0.0156. The van der Waals surface area contributed by atoms with Crippen molar-refractivity contribution in [1.29, 1.82) is 0 Å². The van der Waals surface area contributed by atoms with Crippen molar-refractivity contribution >= 4 is 17.2 Å². The normalized spacial score (nSPS) is 12.8. The monoisotopic (exact) mass is 284 g/mol. The van der Waals surface area contributed by atoms with E-state index in [2.05, 4.69) is 18.8 Å². The number of aliphatic hydroxyl groups excluding tert-OH is 1. The summed E-state index contributed by atoms with van der Waals surface area (Å²) >= 11 is 1.46. The lowest BCUT2D eigenvalue weighted by Gasteiger charge is -2.17. The molecule has 0 bridgehead atoms. The lowest BCUT2D eigenvalue weighted by Crippen LogP contribution is -2.29. The minimum Gasteiger partial charge on any atom is -0.393 e. The fourth-order valence-electron chi connectivity index (χ4n) is 1.82. The van der Waals surface area contributed by atoms with Gasteiger partial charge in [0, 0.05) is 13.6 Å². The van der Waals surface area contributed by atoms with Gasteiger partial charge in [-0.05, 0) is 32.6 Å². The van der Waals surface area contributed by atoms with Gasteiger partial charge in [0.1, 0.15) is 4.88 Å². The molecule has 19 heavy (non-hydrogen) atoms. The Kier molecular flexibility index (Phi) is 5.94. The Morgan fingerprint density at radius 1 is 1.42 bits per heavy atom. The number of aromatic nitrogens is 1. The van der Waals surface area contributed by atoms with Gasteiger partial charge >= 0.3 is 0 Å². The van der Waals surface area contributed by atoms with E-state index in [4.69, 9.17) is 0 Å². The van der Waals surface area contributed by atoms with Crippen LogP contribution in [0, 0.1) is 12.8 Å². The van der Waals surface area contributed by atoms with E-state index in [-0.39, 0.29) is 12.0 Å². The highest BCUT2D eigenvalue weighted by Gasteiger charge is 2.20. The van der Waals surface area contributed by atoms with Crippen LogP contribution in [0.4, 0.5) is 0 Å². The SMILES string of the molecule is Cc1nc(CC(C)C)c(C(=O)N(C)CCC(C)O)s1. The molecule has 0 aliphatic carbocycles. The molecule has 1 rings (SSSR count). The molecule has 0 saturated heterocycles. The highest BCUT2D eigenvalue weighted by Crippen LogP contribution is 2.22. The van der Waals surface area contributed by atoms with Gasteiger partial charge in [-0.1, -0.05) is 13.8 Å². The molecule has 108 valence electrons. The van der Waals surface area contributed by atoms with Crippen LogP contribution in [0.25, 0.3) is 0 Å². The molecular weight excluding hydrogens is 260 g/mol. The Hall–Kier alpha value is -0.940. The van der Waals surface area contributed by atoms with E-state index >= 15 is 0 Å². The molecule has 0 aliphatic rings. The van der Waals surface area contributed by atoms with E-state index in [1.807, 2.05) is 6.92 Å². The first-order chi connectivity index (χ1) is 8.81. The van der Waals surface area contributed by atoms with Crippen molar-refractivity contribution in [2.75, 3.05) is 13.6 Å². The fraction of sp³-hybridized carbons (Fsp3) is 0.714. The van der Waals surface area contributed by atoms with Crippen LogP contribution in [0.1, 0.15) is 47.6 Å². The van der Waals surface area contributed by atoms with Gasteiger partial charge in [0.15, 0.2) is 0 Å². The largest absolute Gasteiger partial charge is 0.393 e. The van der Waals surface area contributed by atoms with Crippen molar-refractivity contribution in [3.63, 3.8) is 0 Å². The van der Waals surface area contributed by atoms with Crippen molar-refractivity contribution < 1.29 is 9.90 Å². The number of nitrogens with zero attached hydrogens (tertiary/aromatic N) is 2. The standard InChI is InChI=1S/C14H24N2O2S/c1-9(2)8-12-13(19-11(4)15-12)14(18)16(5)7-6-10(3)17/h9-10,17H,6-8H2,1-5H3. The average Bonchev–Trinajstić information content (AvgIpc) is 2.65. The number of amides is 1. The van der Waals surface area contributed by atoms with Crippen LogP contribution in [0.2, 0.25) is 0 Å². The number of thiazole rings is 1. The second-order valence-electron chi connectivity index (χ2n) is 5.47. The number of aryl methyl sites for hydroxylation is 1. The van der Waals surface area contributed by atoms with Gasteiger partial charge in [0.05, 0.1) is 16.8 Å². The molecule has 1 aromatic heterocycles. The molecule has 5 heteroatoms. The predicted octanol–water partition coefficient (Wildman–Crippen LogP) is 2.49. The number of rotatable bonds is 6. The molecule has 1 amide bonds. The Morgan fingerprint density at radius 3 is 2.58 bits per heavy atom. The summed E-state index contributed by atoms with van der Waals surface area (Å²) in [6, 6.07) is 0. The van der Waals surface area contributed by atoms with Gasteiger partial charge in [-0.25, -0.2) is 4.98 Å². The number of hydrogen-bond acceptors (Lipinski definition) is 4. The molecule has 1 aromatic rings. The first-order valence-corrected chi connectivity index (χ1v) is 7.52. The first-order valence-electron chi connectivity index (χ1n) is 6.71. The molecule has 0 radical (unpaired) electrons. The lowest BCUT2D eigenvalue weighted by molar-refractivity contribution is 0.0772. The summed E-state index contributed by atoms with van der Waals surface area (Å²) in [5, 5.41) is 10.2. The van der Waals surface area contributed by atoms with Gasteiger partial charge in [0.25, 0.3) is 5.91 Å². The van der Waals surface area contributed by atoms with Crippen molar-refractivity contribution in [3.8, 4) is 0 Å². The van der Waals surface area contributed by atoms with Crippen molar-refractivity contribution in [1.82, 2.24) is 9.88 Å². The zero-order chi connectivity index (χ0) is 14.6. The number of carbonyl (C=O) groups is 1. The third-order valence-electron chi connectivity index (χ3n) is 2.83. The van der Waals surface area contributed by atoms with Crippen LogP contribution < -0.4 is 0 Å². The van der Waals surface area contributed by atoms with Crippen molar-refractivity contribution in [2.45, 2.75) is 46.6 Å². The summed E-state index contributed by atoms with van der Waals surface area (Å²) in [5.74, 6) is 0.498. The van der Waals surface area contributed by atoms with Crippen molar-refractivity contribution in [3.05, 3.63) is 15.6 Å². The first kappa shape index (κ1) is 16.1. The molecule has 1 heterocycles. The third kappa shape index (κ3) is 4.91. The topological polar surface area (TPSA) is 53.4 Å². The van der Waals surface area contributed by atoms with E-state index in [1.54, 1.807) is 18.9 Å². The number of hydrogen-bond donors (Lipinski definition) is 1. The van der Waals surface area contributed by atoms with E-state index < -0.39 is 0 Å². The number of carbonyl (C=O) groups excluding carboxylic acids is 1. The summed E-state index contributed by atoms with van der Waals surface area (Å²) in [6.07, 6.45) is 1.04. The molecule has 4 nitrogen and oxygen atoms in total. The average molecular weight is 284 g/mol. The van der Waals surface area contributed by atoms with Crippen LogP contribution in [0.5, 0.6) is 0 Å². The van der Waals surface area contributed by atoms with Crippen LogP contribution in [-0.4, -0.2) is 40.6 Å². The second-order valence-corrected chi connectivity index (χ2v) is 6.67. The van der Waals surface area contributed by atoms with Crippen LogP contribution in [-0.2, 0) is 6.42 Å². The van der Waals surface area contributed by atoms with Crippen molar-refractivity contribution in [2.24, 2.45) is 5.92 Å². The zero-order valence-corrected chi connectivity index (χ0v) is 13.3. The minimum atomic E-state index is -0.381. The van der Waals surface area contributed by atoms with E-state index in [0.717, 1.165) is 22.0 Å². The molecule has 0 aliphatic heterocycles. The maximum atomic E-state index is 12.4. The highest BCUT2D eigenvalue weighted by molar-refractivity contribution is 7.13. The molecule has 0 saturated carbocycles. The Balaban J connectivity index is 2.80. The summed E-state index contributed by atoms with van der Waals surface area (Å²) in [5.41, 5.74) is 0.909. The quantitative estimate of drug-likeness (QED) is 0.873. The Morgan fingerprint density at radius 2 is 2.05 bits per heavy atom. The summed E-state index contributed by atoms with van der Waals surface area (Å²) in [7, 11) is 1.78. The molecule has 0 fully saturated rings. The lowest BCUT2D eigenvalue weighted by atomic mass is 10.1. The van der Waals surface area contributed by atoms with Gasteiger partial charge in [-0.2, -0.15) is 0 Å². The summed E-state index contributed by atoms with van der Waals surface area (Å²) < 4.78 is 0. The van der Waals surface area contributed by atoms with Gasteiger partial charge in [-0.3, -0.25) is 4.79 Å². The Labute approximate surface area is 119 Å². The molecule has 1 N–H and O–H groups in total. The zero-order valence-electron chi connectivity index (χ0n) is 12.4. The maximum Gasteiger partial charge on any atom is 0.265 e. The third-order valence-corrected chi connectivity index (χ3v) is 3.83. The molecular formula is C14H24N2O2S. The second kappa shape index (κ2) is 7.01. The highest BCUT2D eigenvalue weighted by atomic mass is 32.1. The smallest absolute Gasteiger partial charge is 0.265 e. The summed E-state index contributed by atoms with van der Waals surface area (Å²) in [6.45, 7) is 8.48. The predicted molar refractivity (Wildman–Crippen MR) is 78.7 cm³/mol. The molecule has 1 unspecified atom stereocenters. The fourth-order valence-corrected chi connectivity index (χ4v) is 2.76. The summed E-state index contributed by atoms with van der Waals surface area (Å²) in [4.78, 5) is 19.3. The number of aliphatic hydroxyl groups is 1. The van der Waals surface area contributed by atoms with Gasteiger partial charge in [-0.15, -0.1) is 11.3 Å². The van der Waals surface area contributed by atoms with Crippen LogP contribution in [0.3, 0.4) is 0 Å². The van der Waals surface area contributed by atoms with Crippen LogP contribution >= 0.6 is 11.3 Å². The van der Waals surface area contributed by atoms with E-state index in [1.165, 1.54) is 11.3 Å². The van der Waals surface area contributed by atoms with Gasteiger partial charge in [0.2, 0.25) is 0 Å². The maximum absolute atomic E-state index is 12.4. The molecule has 0 aromatic carbocycles. The van der Waals surface area contributed by atoms with E-state index in [9.17, 15) is 9.90 Å². The van der Waals surface area contributed by atoms with E-state index in [0.29, 0.717) is 18.9 Å². The Bertz CT molecular complexity index is 427. The van der Waals surface area contributed by atoms with Crippen LogP contribution in [0.15, 0.2) is 0 Å². The molecule has 0 spiro atoms. The van der Waals surface area contributed by atoms with Gasteiger partial charge < -0.3 is 10.0 Å².